The van der Waals surface area contributed by atoms with E-state index >= 15 is 0 Å². The van der Waals surface area contributed by atoms with Crippen LogP contribution in [0.1, 0.15) is 167 Å². The minimum atomic E-state index is 0.598. The lowest BCUT2D eigenvalue weighted by molar-refractivity contribution is 0.341. The van der Waals surface area contributed by atoms with Crippen LogP contribution in [0, 0.1) is 0 Å². The fourth-order valence-electron chi connectivity index (χ4n) is 5.82. The average Bonchev–Trinajstić information content (AvgIpc) is 2.83. The van der Waals surface area contributed by atoms with Gasteiger partial charge in [0.15, 0.2) is 0 Å². The van der Waals surface area contributed by atoms with E-state index in [-0.39, 0.29) is 0 Å². The van der Waals surface area contributed by atoms with Crippen LogP contribution in [0.15, 0.2) is 30.3 Å². The van der Waals surface area contributed by atoms with Gasteiger partial charge in [-0.05, 0) is 22.9 Å². The van der Waals surface area contributed by atoms with Gasteiger partial charge in [-0.25, -0.2) is 0 Å². The van der Waals surface area contributed by atoms with E-state index in [2.05, 4.69) is 51.1 Å². The Morgan fingerprint density at radius 3 is 1.39 bits per heavy atom. The van der Waals surface area contributed by atoms with Crippen molar-refractivity contribution in [3.63, 3.8) is 0 Å². The minimum absolute atomic E-state index is 0.598. The third-order valence-electron chi connectivity index (χ3n) is 8.09. The molecule has 0 heterocycles. The molecule has 0 spiro atoms. The zero-order chi connectivity index (χ0) is 24.0. The molecule has 1 aromatic rings. The Kier molecular flexibility index (Phi) is 19.2. The van der Waals surface area contributed by atoms with E-state index in [0.29, 0.717) is 5.04 Å². The van der Waals surface area contributed by atoms with Crippen molar-refractivity contribution in [1.82, 2.24) is 0 Å². The summed E-state index contributed by atoms with van der Waals surface area (Å²) >= 11 is 0. The molecule has 0 aliphatic carbocycles. The first-order valence-electron chi connectivity index (χ1n) is 15.2. The van der Waals surface area contributed by atoms with Gasteiger partial charge in [0.05, 0.1) is 0 Å². The number of hydrogen-bond acceptors (Lipinski definition) is 0. The van der Waals surface area contributed by atoms with Crippen LogP contribution in [0.5, 0.6) is 0 Å². The summed E-state index contributed by atoms with van der Waals surface area (Å²) in [7, 11) is 1.35. The smallest absolute Gasteiger partial charge is 0.0114 e. The summed E-state index contributed by atoms with van der Waals surface area (Å²) in [4.78, 5) is 0. The molecule has 0 radical (unpaired) electrons. The monoisotopic (exact) mass is 472 g/mol. The SMILES string of the molecule is CCCCCCCCC(c1ccccc1)C([SiH3])(CCCCCCCC)CCCCCCCC. The minimum Gasteiger partial charge on any atom is -0.0654 e. The number of rotatable bonds is 23. The van der Waals surface area contributed by atoms with Gasteiger partial charge in [-0.3, -0.25) is 0 Å². The Labute approximate surface area is 212 Å². The van der Waals surface area contributed by atoms with Gasteiger partial charge in [0, 0.05) is 10.2 Å². The Morgan fingerprint density at radius 2 is 0.939 bits per heavy atom. The van der Waals surface area contributed by atoms with Gasteiger partial charge < -0.3 is 0 Å². The fourth-order valence-corrected chi connectivity index (χ4v) is 7.15. The Hall–Kier alpha value is -0.563. The lowest BCUT2D eigenvalue weighted by Gasteiger charge is -2.39. The van der Waals surface area contributed by atoms with Crippen molar-refractivity contribution in [3.05, 3.63) is 35.9 Å². The van der Waals surface area contributed by atoms with Crippen molar-refractivity contribution in [2.24, 2.45) is 0 Å². The summed E-state index contributed by atoms with van der Waals surface area (Å²) in [5.41, 5.74) is 1.65. The normalized spacial score (nSPS) is 12.9. The molecular formula is C32H60Si. The molecule has 0 N–H and O–H groups in total. The lowest BCUT2D eigenvalue weighted by atomic mass is 9.75. The third-order valence-corrected chi connectivity index (χ3v) is 9.79. The van der Waals surface area contributed by atoms with Gasteiger partial charge in [0.1, 0.15) is 0 Å². The molecule has 0 saturated carbocycles. The molecule has 0 bridgehead atoms. The molecule has 0 aliphatic heterocycles. The molecule has 1 aromatic carbocycles. The second kappa shape index (κ2) is 20.8. The molecule has 1 heteroatoms. The summed E-state index contributed by atoms with van der Waals surface area (Å²) in [5, 5.41) is 0.598. The predicted octanol–water partition coefficient (Wildman–Crippen LogP) is 10.5. The van der Waals surface area contributed by atoms with Crippen LogP contribution in [0.3, 0.4) is 0 Å². The highest BCUT2D eigenvalue weighted by atomic mass is 28.1. The highest BCUT2D eigenvalue weighted by Gasteiger charge is 2.33. The van der Waals surface area contributed by atoms with E-state index in [0.717, 1.165) is 5.92 Å². The maximum Gasteiger partial charge on any atom is 0.0114 e. The summed E-state index contributed by atoms with van der Waals surface area (Å²) in [6.45, 7) is 6.98. The van der Waals surface area contributed by atoms with Crippen LogP contribution in [0.2, 0.25) is 5.04 Å². The van der Waals surface area contributed by atoms with Gasteiger partial charge in [0.25, 0.3) is 0 Å². The molecule has 0 aliphatic rings. The van der Waals surface area contributed by atoms with Gasteiger partial charge in [0.2, 0.25) is 0 Å². The predicted molar refractivity (Wildman–Crippen MR) is 156 cm³/mol. The molecule has 0 saturated heterocycles. The zero-order valence-electron chi connectivity index (χ0n) is 23.3. The highest BCUT2D eigenvalue weighted by molar-refractivity contribution is 6.15. The van der Waals surface area contributed by atoms with Crippen molar-refractivity contribution in [3.8, 4) is 0 Å². The second-order valence-corrected chi connectivity index (χ2v) is 13.2. The molecule has 0 nitrogen and oxygen atoms in total. The van der Waals surface area contributed by atoms with Gasteiger partial charge in [-0.15, -0.1) is 0 Å². The first-order chi connectivity index (χ1) is 16.2. The molecular weight excluding hydrogens is 412 g/mol. The van der Waals surface area contributed by atoms with Gasteiger partial charge in [-0.2, -0.15) is 0 Å². The first-order valence-corrected chi connectivity index (χ1v) is 16.2. The first kappa shape index (κ1) is 30.5. The van der Waals surface area contributed by atoms with Gasteiger partial charge >= 0.3 is 0 Å². The quantitative estimate of drug-likeness (QED) is 0.110. The van der Waals surface area contributed by atoms with Crippen molar-refractivity contribution in [2.45, 2.75) is 167 Å². The van der Waals surface area contributed by atoms with E-state index in [1.807, 2.05) is 0 Å². The van der Waals surface area contributed by atoms with Crippen LogP contribution in [-0.2, 0) is 0 Å². The average molecular weight is 473 g/mol. The number of hydrogen-bond donors (Lipinski definition) is 0. The van der Waals surface area contributed by atoms with Crippen molar-refractivity contribution in [1.29, 1.82) is 0 Å². The molecule has 33 heavy (non-hydrogen) atoms. The van der Waals surface area contributed by atoms with E-state index in [4.69, 9.17) is 0 Å². The van der Waals surface area contributed by atoms with Crippen molar-refractivity contribution >= 4 is 10.2 Å². The fraction of sp³-hybridized carbons (Fsp3) is 0.812. The van der Waals surface area contributed by atoms with Crippen LogP contribution >= 0.6 is 0 Å². The Morgan fingerprint density at radius 1 is 0.545 bits per heavy atom. The summed E-state index contributed by atoms with van der Waals surface area (Å²) < 4.78 is 0. The Balaban J connectivity index is 2.77. The van der Waals surface area contributed by atoms with Crippen LogP contribution in [0.4, 0.5) is 0 Å². The maximum absolute atomic E-state index is 2.46. The van der Waals surface area contributed by atoms with Crippen LogP contribution in [-0.4, -0.2) is 10.2 Å². The highest BCUT2D eigenvalue weighted by Crippen LogP contribution is 2.51. The largest absolute Gasteiger partial charge is 0.0654 e. The maximum atomic E-state index is 2.46. The Bertz CT molecular complexity index is 507. The lowest BCUT2D eigenvalue weighted by Crippen LogP contribution is -2.23. The summed E-state index contributed by atoms with van der Waals surface area (Å²) in [6, 6.07) is 11.7. The van der Waals surface area contributed by atoms with E-state index in [1.54, 1.807) is 5.56 Å². The molecule has 0 fully saturated rings. The third kappa shape index (κ3) is 14.4. The molecule has 0 amide bonds. The van der Waals surface area contributed by atoms with Gasteiger partial charge in [-0.1, -0.05) is 180 Å². The molecule has 1 rings (SSSR count). The molecule has 192 valence electrons. The second-order valence-electron chi connectivity index (χ2n) is 11.2. The van der Waals surface area contributed by atoms with Crippen LogP contribution in [0.25, 0.3) is 0 Å². The van der Waals surface area contributed by atoms with Crippen molar-refractivity contribution in [2.75, 3.05) is 0 Å². The van der Waals surface area contributed by atoms with E-state index in [1.165, 1.54) is 145 Å². The molecule has 0 aromatic heterocycles. The van der Waals surface area contributed by atoms with E-state index < -0.39 is 0 Å². The molecule has 1 atom stereocenters. The van der Waals surface area contributed by atoms with Crippen molar-refractivity contribution < 1.29 is 0 Å². The standard InChI is InChI=1S/C32H60Si/c1-4-7-10-13-16-22-27-31(30-25-20-19-21-26-30)32(33,28-23-17-14-11-8-5-2)29-24-18-15-12-9-6-3/h19-21,25-26,31H,4-18,22-24,27-29H2,1-3,33H3. The summed E-state index contributed by atoms with van der Waals surface area (Å²) in [6.07, 6.45) is 30.1. The zero-order valence-corrected chi connectivity index (χ0v) is 25.3. The number of benzene rings is 1. The van der Waals surface area contributed by atoms with E-state index in [9.17, 15) is 0 Å². The van der Waals surface area contributed by atoms with Crippen LogP contribution < -0.4 is 0 Å². The summed E-state index contributed by atoms with van der Waals surface area (Å²) in [5.74, 6) is 0.794. The molecule has 1 unspecified atom stereocenters. The number of unbranched alkanes of at least 4 members (excludes halogenated alkanes) is 15. The topological polar surface area (TPSA) is 0 Å².